The van der Waals surface area contributed by atoms with Gasteiger partial charge in [-0.25, -0.2) is 0 Å². The number of hydrogen-bond acceptors (Lipinski definition) is 3. The lowest BCUT2D eigenvalue weighted by Crippen LogP contribution is -2.42. The van der Waals surface area contributed by atoms with Gasteiger partial charge < -0.3 is 10.4 Å². The van der Waals surface area contributed by atoms with E-state index in [1.54, 1.807) is 10.9 Å². The van der Waals surface area contributed by atoms with E-state index in [1.807, 2.05) is 24.3 Å². The molecular weight excluding hydrogens is 354 g/mol. The van der Waals surface area contributed by atoms with E-state index < -0.39 is 11.9 Å². The highest BCUT2D eigenvalue weighted by Gasteiger charge is 2.31. The first-order valence-corrected chi connectivity index (χ1v) is 9.22. The standard InChI is InChI=1S/C19H22ClN3O3/c20-16-8-5-4-6-13(16)11-23-12-14(10-21-23)18(24)22-17-9-3-1-2-7-15(17)19(25)26/h4-6,8,10,12,15,17H,1-3,7,9,11H2,(H,22,24)(H,25,26)/t15-,17+/m1/s1. The quantitative estimate of drug-likeness (QED) is 0.785. The van der Waals surface area contributed by atoms with Crippen molar-refractivity contribution in [2.75, 3.05) is 0 Å². The van der Waals surface area contributed by atoms with Gasteiger partial charge in [0.1, 0.15) is 0 Å². The summed E-state index contributed by atoms with van der Waals surface area (Å²) >= 11 is 6.16. The molecule has 2 aromatic rings. The fourth-order valence-electron chi connectivity index (χ4n) is 3.40. The van der Waals surface area contributed by atoms with E-state index in [-0.39, 0.29) is 11.9 Å². The fraction of sp³-hybridized carbons (Fsp3) is 0.421. The van der Waals surface area contributed by atoms with Gasteiger partial charge in [0.05, 0.1) is 24.2 Å². The Labute approximate surface area is 157 Å². The average molecular weight is 376 g/mol. The Morgan fingerprint density at radius 1 is 1.23 bits per heavy atom. The molecule has 1 fully saturated rings. The molecule has 26 heavy (non-hydrogen) atoms. The van der Waals surface area contributed by atoms with Gasteiger partial charge in [0, 0.05) is 17.3 Å². The summed E-state index contributed by atoms with van der Waals surface area (Å²) in [6, 6.07) is 7.14. The number of carboxylic acid groups (broad SMARTS) is 1. The van der Waals surface area contributed by atoms with Crippen molar-refractivity contribution in [2.45, 2.75) is 44.7 Å². The summed E-state index contributed by atoms with van der Waals surface area (Å²) in [7, 11) is 0. The molecule has 2 atom stereocenters. The Kier molecular flexibility index (Phi) is 5.93. The van der Waals surface area contributed by atoms with Gasteiger partial charge in [-0.3, -0.25) is 14.3 Å². The number of benzene rings is 1. The van der Waals surface area contributed by atoms with Crippen molar-refractivity contribution >= 4 is 23.5 Å². The zero-order valence-electron chi connectivity index (χ0n) is 14.4. The second-order valence-corrected chi connectivity index (χ2v) is 7.09. The monoisotopic (exact) mass is 375 g/mol. The van der Waals surface area contributed by atoms with Crippen LogP contribution in [0.25, 0.3) is 0 Å². The van der Waals surface area contributed by atoms with Gasteiger partial charge in [-0.2, -0.15) is 5.10 Å². The van der Waals surface area contributed by atoms with Crippen molar-refractivity contribution in [1.82, 2.24) is 15.1 Å². The third-order valence-electron chi connectivity index (χ3n) is 4.84. The smallest absolute Gasteiger partial charge is 0.308 e. The van der Waals surface area contributed by atoms with E-state index in [9.17, 15) is 14.7 Å². The maximum Gasteiger partial charge on any atom is 0.308 e. The Bertz CT molecular complexity index is 790. The number of carbonyl (C=O) groups is 2. The molecule has 6 nitrogen and oxygen atoms in total. The maximum absolute atomic E-state index is 12.5. The van der Waals surface area contributed by atoms with Crippen LogP contribution in [-0.4, -0.2) is 32.8 Å². The molecule has 0 radical (unpaired) electrons. The summed E-state index contributed by atoms with van der Waals surface area (Å²) in [6.07, 6.45) is 7.28. The van der Waals surface area contributed by atoms with E-state index in [2.05, 4.69) is 10.4 Å². The first-order valence-electron chi connectivity index (χ1n) is 8.84. The number of nitrogens with zero attached hydrogens (tertiary/aromatic N) is 2. The number of rotatable bonds is 5. The van der Waals surface area contributed by atoms with Gasteiger partial charge in [-0.05, 0) is 24.5 Å². The van der Waals surface area contributed by atoms with Gasteiger partial charge >= 0.3 is 5.97 Å². The third kappa shape index (κ3) is 4.43. The van der Waals surface area contributed by atoms with E-state index >= 15 is 0 Å². The highest BCUT2D eigenvalue weighted by Crippen LogP contribution is 2.24. The molecule has 0 saturated heterocycles. The summed E-state index contributed by atoms with van der Waals surface area (Å²) in [5.41, 5.74) is 1.34. The van der Waals surface area contributed by atoms with Crippen molar-refractivity contribution in [3.05, 3.63) is 52.8 Å². The lowest BCUT2D eigenvalue weighted by atomic mass is 9.94. The Balaban J connectivity index is 1.67. The van der Waals surface area contributed by atoms with Crippen molar-refractivity contribution in [3.8, 4) is 0 Å². The molecule has 7 heteroatoms. The molecule has 1 amide bonds. The lowest BCUT2D eigenvalue weighted by Gasteiger charge is -2.22. The van der Waals surface area contributed by atoms with Gasteiger partial charge in [-0.1, -0.05) is 49.1 Å². The van der Waals surface area contributed by atoms with Crippen LogP contribution in [-0.2, 0) is 11.3 Å². The van der Waals surface area contributed by atoms with Crippen molar-refractivity contribution in [3.63, 3.8) is 0 Å². The summed E-state index contributed by atoms with van der Waals surface area (Å²) in [4.78, 5) is 24.0. The number of aliphatic carboxylic acids is 1. The van der Waals surface area contributed by atoms with Gasteiger partial charge in [0.15, 0.2) is 0 Å². The average Bonchev–Trinajstić information content (AvgIpc) is 2.95. The fourth-order valence-corrected chi connectivity index (χ4v) is 3.59. The summed E-state index contributed by atoms with van der Waals surface area (Å²) in [6.45, 7) is 0.466. The molecule has 0 unspecified atom stereocenters. The van der Waals surface area contributed by atoms with Crippen LogP contribution in [0.15, 0.2) is 36.7 Å². The van der Waals surface area contributed by atoms with E-state index in [1.165, 1.54) is 6.20 Å². The molecule has 0 aliphatic heterocycles. The first-order chi connectivity index (χ1) is 12.5. The molecule has 2 N–H and O–H groups in total. The molecule has 1 saturated carbocycles. The van der Waals surface area contributed by atoms with E-state index in [0.29, 0.717) is 30.0 Å². The van der Waals surface area contributed by atoms with E-state index in [0.717, 1.165) is 24.8 Å². The van der Waals surface area contributed by atoms with Crippen LogP contribution in [0, 0.1) is 5.92 Å². The first kappa shape index (κ1) is 18.5. The zero-order valence-corrected chi connectivity index (χ0v) is 15.2. The second-order valence-electron chi connectivity index (χ2n) is 6.68. The number of nitrogens with one attached hydrogen (secondary N) is 1. The van der Waals surface area contributed by atoms with Gasteiger partial charge in [-0.15, -0.1) is 0 Å². The minimum absolute atomic E-state index is 0.284. The molecule has 1 aliphatic carbocycles. The van der Waals surface area contributed by atoms with Crippen LogP contribution in [0.5, 0.6) is 0 Å². The van der Waals surface area contributed by atoms with Crippen LogP contribution >= 0.6 is 11.6 Å². The predicted octanol–water partition coefficient (Wildman–Crippen LogP) is 3.35. The van der Waals surface area contributed by atoms with Crippen LogP contribution in [0.3, 0.4) is 0 Å². The van der Waals surface area contributed by atoms with Crippen molar-refractivity contribution < 1.29 is 14.7 Å². The van der Waals surface area contributed by atoms with Crippen LogP contribution in [0.4, 0.5) is 0 Å². The Morgan fingerprint density at radius 2 is 2.00 bits per heavy atom. The van der Waals surface area contributed by atoms with Gasteiger partial charge in [0.25, 0.3) is 5.91 Å². The molecule has 3 rings (SSSR count). The normalized spacial score (nSPS) is 20.3. The minimum Gasteiger partial charge on any atom is -0.481 e. The molecule has 1 heterocycles. The van der Waals surface area contributed by atoms with Crippen molar-refractivity contribution in [2.24, 2.45) is 5.92 Å². The van der Waals surface area contributed by atoms with Gasteiger partial charge in [0.2, 0.25) is 0 Å². The van der Waals surface area contributed by atoms with Crippen LogP contribution < -0.4 is 5.32 Å². The summed E-state index contributed by atoms with van der Waals surface area (Å²) in [5.74, 6) is -1.65. The largest absolute Gasteiger partial charge is 0.481 e. The van der Waals surface area contributed by atoms with Crippen LogP contribution in [0.1, 0.15) is 48.0 Å². The number of amides is 1. The molecule has 1 aromatic carbocycles. The zero-order chi connectivity index (χ0) is 18.5. The Morgan fingerprint density at radius 3 is 2.77 bits per heavy atom. The topological polar surface area (TPSA) is 84.2 Å². The molecule has 1 aromatic heterocycles. The SMILES string of the molecule is O=C(N[C@H]1CCCCC[C@H]1C(=O)O)c1cnn(Cc2ccccc2Cl)c1. The predicted molar refractivity (Wildman–Crippen MR) is 98.2 cm³/mol. The molecule has 138 valence electrons. The maximum atomic E-state index is 12.5. The lowest BCUT2D eigenvalue weighted by molar-refractivity contribution is -0.142. The molecule has 1 aliphatic rings. The van der Waals surface area contributed by atoms with Crippen molar-refractivity contribution in [1.29, 1.82) is 0 Å². The summed E-state index contributed by atoms with van der Waals surface area (Å²) in [5, 5.41) is 17.2. The number of hydrogen-bond donors (Lipinski definition) is 2. The number of aromatic nitrogens is 2. The Hall–Kier alpha value is -2.34. The summed E-state index contributed by atoms with van der Waals surface area (Å²) < 4.78 is 1.65. The van der Waals surface area contributed by atoms with Crippen LogP contribution in [0.2, 0.25) is 5.02 Å². The highest BCUT2D eigenvalue weighted by atomic mass is 35.5. The minimum atomic E-state index is -0.841. The number of carbonyl (C=O) groups excluding carboxylic acids is 1. The number of carboxylic acids is 1. The highest BCUT2D eigenvalue weighted by molar-refractivity contribution is 6.31. The molecule has 0 spiro atoms. The molecular formula is C19H22ClN3O3. The third-order valence-corrected chi connectivity index (χ3v) is 5.20. The second kappa shape index (κ2) is 8.36. The van der Waals surface area contributed by atoms with E-state index in [4.69, 9.17) is 11.6 Å². The number of halogens is 1. The molecule has 0 bridgehead atoms.